The molecule has 0 aliphatic rings. The molecule has 10 heteroatoms. The molecule has 0 bridgehead atoms. The summed E-state index contributed by atoms with van der Waals surface area (Å²) in [5.41, 5.74) is 1.77. The zero-order valence-electron chi connectivity index (χ0n) is 19.4. The third kappa shape index (κ3) is 5.78. The van der Waals surface area contributed by atoms with Gasteiger partial charge in [-0.2, -0.15) is 0 Å². The largest absolute Gasteiger partial charge is 0.494 e. The molecular weight excluding hydrogens is 466 g/mol. The molecule has 0 amide bonds. The lowest BCUT2D eigenvalue weighted by Gasteiger charge is -2.15. The van der Waals surface area contributed by atoms with Crippen molar-refractivity contribution in [3.05, 3.63) is 101 Å². The highest BCUT2D eigenvalue weighted by atomic mass is 19.1. The number of hydrogen-bond acceptors (Lipinski definition) is 8. The molecule has 0 fully saturated rings. The Morgan fingerprint density at radius 3 is 2.44 bits per heavy atom. The van der Waals surface area contributed by atoms with Crippen molar-refractivity contribution in [2.75, 3.05) is 17.2 Å². The highest BCUT2D eigenvalue weighted by Gasteiger charge is 2.17. The zero-order chi connectivity index (χ0) is 25.5. The Bertz CT molecular complexity index is 1340. The normalized spacial score (nSPS) is 10.7. The summed E-state index contributed by atoms with van der Waals surface area (Å²) in [6, 6.07) is 14.2. The number of ether oxygens (including phenoxy) is 1. The van der Waals surface area contributed by atoms with Gasteiger partial charge in [0.2, 0.25) is 0 Å². The molecule has 0 aliphatic heterocycles. The maximum Gasteiger partial charge on any atom is 0.180 e. The van der Waals surface area contributed by atoms with Crippen LogP contribution in [0.25, 0.3) is 0 Å². The third-order valence-corrected chi connectivity index (χ3v) is 5.20. The number of anilines is 3. The Balaban J connectivity index is 1.59. The summed E-state index contributed by atoms with van der Waals surface area (Å²) in [7, 11) is 0. The van der Waals surface area contributed by atoms with Crippen molar-refractivity contribution in [3.63, 3.8) is 0 Å². The van der Waals surface area contributed by atoms with Crippen LogP contribution in [0, 0.1) is 17.0 Å². The fourth-order valence-electron chi connectivity index (χ4n) is 3.50. The van der Waals surface area contributed by atoms with E-state index in [0.29, 0.717) is 29.4 Å². The number of nitrogens with zero attached hydrogens (tertiary/aromatic N) is 3. The van der Waals surface area contributed by atoms with E-state index in [-0.39, 0.29) is 36.0 Å². The van der Waals surface area contributed by atoms with Gasteiger partial charge in [-0.1, -0.05) is 18.2 Å². The van der Waals surface area contributed by atoms with Crippen LogP contribution in [0.2, 0.25) is 0 Å². The molecule has 2 aromatic carbocycles. The minimum Gasteiger partial charge on any atom is -0.494 e. The maximum absolute atomic E-state index is 14.5. The summed E-state index contributed by atoms with van der Waals surface area (Å²) >= 11 is 0. The monoisotopic (exact) mass is 490 g/mol. The van der Waals surface area contributed by atoms with Crippen LogP contribution in [0.15, 0.2) is 67.0 Å². The van der Waals surface area contributed by atoms with E-state index in [1.165, 1.54) is 0 Å². The van der Waals surface area contributed by atoms with Crippen molar-refractivity contribution in [1.82, 2.24) is 15.0 Å². The van der Waals surface area contributed by atoms with Gasteiger partial charge in [0.1, 0.15) is 28.9 Å². The Kier molecular flexibility index (Phi) is 7.76. The second-order valence-electron chi connectivity index (χ2n) is 7.66. The number of halogens is 2. The van der Waals surface area contributed by atoms with Gasteiger partial charge in [0.05, 0.1) is 18.9 Å². The van der Waals surface area contributed by atoms with Crippen molar-refractivity contribution in [1.29, 1.82) is 5.41 Å². The zero-order valence-corrected chi connectivity index (χ0v) is 19.4. The fraction of sp³-hybridized carbons (Fsp3) is 0.154. The second kappa shape index (κ2) is 11.3. The van der Waals surface area contributed by atoms with E-state index in [1.807, 2.05) is 0 Å². The van der Waals surface area contributed by atoms with E-state index in [4.69, 9.17) is 10.1 Å². The molecule has 2 aromatic heterocycles. The Morgan fingerprint density at radius 2 is 1.75 bits per heavy atom. The van der Waals surface area contributed by atoms with Gasteiger partial charge in [0, 0.05) is 59.6 Å². The average molecular weight is 491 g/mol. The van der Waals surface area contributed by atoms with Crippen molar-refractivity contribution in [3.8, 4) is 5.75 Å². The minimum absolute atomic E-state index is 0.0289. The van der Waals surface area contributed by atoms with E-state index < -0.39 is 11.6 Å². The number of hydrogen-bond donors (Lipinski definition) is 4. The molecule has 8 nitrogen and oxygen atoms in total. The number of pyridine rings is 1. The second-order valence-corrected chi connectivity index (χ2v) is 7.66. The molecule has 0 aliphatic carbocycles. The predicted octanol–water partition coefficient (Wildman–Crippen LogP) is 4.81. The Hall–Kier alpha value is -4.44. The van der Waals surface area contributed by atoms with Crippen LogP contribution in [0.4, 0.5) is 26.0 Å². The van der Waals surface area contributed by atoms with Gasteiger partial charge in [0.25, 0.3) is 0 Å². The summed E-state index contributed by atoms with van der Waals surface area (Å²) in [5, 5.41) is 24.5. The SMILES string of the molecule is CCOc1cc(F)c(CNc2ccccc2C(=N)c2nc(CO)cc(Nc3ccncc3)n2)c(F)c1. The van der Waals surface area contributed by atoms with Gasteiger partial charge in [-0.05, 0) is 25.1 Å². The first kappa shape index (κ1) is 24.7. The summed E-state index contributed by atoms with van der Waals surface area (Å²) in [6.45, 7) is 1.53. The standard InChI is InChI=1S/C26H24F2N6O2/c1-2-36-18-12-21(27)20(22(28)13-18)14-31-23-6-4-3-5-19(23)25(29)26-33-17(15-35)11-24(34-26)32-16-7-9-30-10-8-16/h3-13,29,31,35H,2,14-15H2,1H3,(H,30,32,33,34). The smallest absolute Gasteiger partial charge is 0.180 e. The first-order valence-electron chi connectivity index (χ1n) is 11.2. The topological polar surface area (TPSA) is 116 Å². The fourth-order valence-corrected chi connectivity index (χ4v) is 3.50. The van der Waals surface area contributed by atoms with Crippen LogP contribution in [-0.2, 0) is 13.2 Å². The predicted molar refractivity (Wildman–Crippen MR) is 133 cm³/mol. The lowest BCUT2D eigenvalue weighted by Crippen LogP contribution is -2.14. The number of aromatic nitrogens is 3. The number of para-hydroxylation sites is 1. The van der Waals surface area contributed by atoms with Crippen LogP contribution >= 0.6 is 0 Å². The number of aliphatic hydroxyl groups is 1. The molecule has 0 saturated heterocycles. The maximum atomic E-state index is 14.5. The van der Waals surface area contributed by atoms with Crippen molar-refractivity contribution in [2.24, 2.45) is 0 Å². The van der Waals surface area contributed by atoms with Gasteiger partial charge in [-0.3, -0.25) is 10.4 Å². The highest BCUT2D eigenvalue weighted by Crippen LogP contribution is 2.24. The summed E-state index contributed by atoms with van der Waals surface area (Å²) in [5.74, 6) is -0.876. The molecule has 2 heterocycles. The van der Waals surface area contributed by atoms with Crippen LogP contribution in [0.3, 0.4) is 0 Å². The van der Waals surface area contributed by atoms with Crippen LogP contribution in [-0.4, -0.2) is 32.4 Å². The third-order valence-electron chi connectivity index (χ3n) is 5.20. The number of rotatable bonds is 10. The molecule has 0 radical (unpaired) electrons. The van der Waals surface area contributed by atoms with Crippen LogP contribution < -0.4 is 15.4 Å². The molecule has 4 N–H and O–H groups in total. The minimum atomic E-state index is -0.732. The van der Waals surface area contributed by atoms with E-state index in [2.05, 4.69) is 25.6 Å². The van der Waals surface area contributed by atoms with E-state index in [9.17, 15) is 13.9 Å². The molecule has 0 saturated carbocycles. The first-order valence-corrected chi connectivity index (χ1v) is 11.2. The van der Waals surface area contributed by atoms with Gasteiger partial charge in [0.15, 0.2) is 5.82 Å². The van der Waals surface area contributed by atoms with Gasteiger partial charge < -0.3 is 20.5 Å². The van der Waals surface area contributed by atoms with E-state index in [0.717, 1.165) is 17.8 Å². The Labute approximate surface area is 206 Å². The number of benzene rings is 2. The van der Waals surface area contributed by atoms with Crippen LogP contribution in [0.1, 0.15) is 29.6 Å². The van der Waals surface area contributed by atoms with Crippen molar-refractivity contribution < 1.29 is 18.6 Å². The lowest BCUT2D eigenvalue weighted by molar-refractivity contribution is 0.276. The molecule has 4 aromatic rings. The van der Waals surface area contributed by atoms with E-state index >= 15 is 0 Å². The molecule has 4 rings (SSSR count). The summed E-state index contributed by atoms with van der Waals surface area (Å²) in [6.07, 6.45) is 3.24. The number of aliphatic hydroxyl groups excluding tert-OH is 1. The molecular formula is C26H24F2N6O2. The van der Waals surface area contributed by atoms with Crippen molar-refractivity contribution >= 4 is 22.9 Å². The van der Waals surface area contributed by atoms with Crippen LogP contribution in [0.5, 0.6) is 5.75 Å². The quantitative estimate of drug-likeness (QED) is 0.236. The molecule has 0 spiro atoms. The lowest BCUT2D eigenvalue weighted by atomic mass is 10.1. The molecule has 184 valence electrons. The number of nitrogens with one attached hydrogen (secondary N) is 3. The summed E-state index contributed by atoms with van der Waals surface area (Å²) in [4.78, 5) is 12.7. The molecule has 0 atom stereocenters. The van der Waals surface area contributed by atoms with E-state index in [1.54, 1.807) is 61.8 Å². The van der Waals surface area contributed by atoms with Crippen molar-refractivity contribution in [2.45, 2.75) is 20.1 Å². The van der Waals surface area contributed by atoms with Gasteiger partial charge in [-0.25, -0.2) is 18.7 Å². The molecule has 0 unspecified atom stereocenters. The summed E-state index contributed by atoms with van der Waals surface area (Å²) < 4.78 is 34.2. The first-order chi connectivity index (χ1) is 17.5. The highest BCUT2D eigenvalue weighted by molar-refractivity contribution is 6.12. The average Bonchev–Trinajstić information content (AvgIpc) is 2.88. The Morgan fingerprint density at radius 1 is 1.03 bits per heavy atom. The van der Waals surface area contributed by atoms with Gasteiger partial charge in [-0.15, -0.1) is 0 Å². The van der Waals surface area contributed by atoms with Gasteiger partial charge >= 0.3 is 0 Å². The molecule has 36 heavy (non-hydrogen) atoms.